The zero-order chi connectivity index (χ0) is 13.2. The lowest BCUT2D eigenvalue weighted by atomic mass is 10.0. The van der Waals surface area contributed by atoms with Gasteiger partial charge in [-0.15, -0.1) is 0 Å². The van der Waals surface area contributed by atoms with E-state index in [4.69, 9.17) is 0 Å². The Morgan fingerprint density at radius 3 is 2.53 bits per heavy atom. The minimum absolute atomic E-state index is 0.199. The predicted molar refractivity (Wildman–Crippen MR) is 79.6 cm³/mol. The third kappa shape index (κ3) is 2.98. The van der Waals surface area contributed by atoms with Crippen LogP contribution in [0.25, 0.3) is 0 Å². The van der Waals surface area contributed by atoms with Gasteiger partial charge in [-0.2, -0.15) is 0 Å². The van der Waals surface area contributed by atoms with Crippen LogP contribution in [-0.4, -0.2) is 0 Å². The van der Waals surface area contributed by atoms with Crippen molar-refractivity contribution in [1.29, 1.82) is 0 Å². The number of hydrogen-bond acceptors (Lipinski definition) is 1. The zero-order valence-corrected chi connectivity index (χ0v) is 12.0. The van der Waals surface area contributed by atoms with Gasteiger partial charge in [-0.25, -0.2) is 4.39 Å². The van der Waals surface area contributed by atoms with Crippen LogP contribution in [-0.2, 0) is 0 Å². The first kappa shape index (κ1) is 12.7. The van der Waals surface area contributed by atoms with E-state index in [0.29, 0.717) is 11.6 Å². The molecule has 19 heavy (non-hydrogen) atoms. The molecule has 0 heterocycles. The van der Waals surface area contributed by atoms with Gasteiger partial charge in [0.1, 0.15) is 5.82 Å². The normalized spacial score (nSPS) is 16.1. The summed E-state index contributed by atoms with van der Waals surface area (Å²) in [6.07, 6.45) is 2.42. The zero-order valence-electron chi connectivity index (χ0n) is 10.4. The summed E-state index contributed by atoms with van der Waals surface area (Å²) in [5, 5.41) is 3.36. The number of benzene rings is 2. The quantitative estimate of drug-likeness (QED) is 0.821. The second-order valence-electron chi connectivity index (χ2n) is 4.99. The van der Waals surface area contributed by atoms with Crippen LogP contribution in [0.2, 0.25) is 0 Å². The molecule has 1 fully saturated rings. The Morgan fingerprint density at radius 1 is 1.11 bits per heavy atom. The third-order valence-corrected chi connectivity index (χ3v) is 3.98. The third-order valence-electron chi connectivity index (χ3n) is 3.49. The van der Waals surface area contributed by atoms with E-state index in [2.05, 4.69) is 33.4 Å². The van der Waals surface area contributed by atoms with Crippen LogP contribution in [0, 0.1) is 11.7 Å². The van der Waals surface area contributed by atoms with Crippen LogP contribution in [0.5, 0.6) is 0 Å². The summed E-state index contributed by atoms with van der Waals surface area (Å²) in [5.74, 6) is 0.408. The molecule has 1 N–H and O–H groups in total. The lowest BCUT2D eigenvalue weighted by Crippen LogP contribution is -2.13. The molecule has 0 amide bonds. The number of nitrogens with one attached hydrogen (secondary N) is 1. The van der Waals surface area contributed by atoms with E-state index in [1.165, 1.54) is 24.5 Å². The van der Waals surface area contributed by atoms with Crippen LogP contribution in [0.15, 0.2) is 53.0 Å². The SMILES string of the molecule is Fc1ccc(Br)cc1NC(c1ccccc1)C1CC1. The van der Waals surface area contributed by atoms with Crippen molar-refractivity contribution in [3.63, 3.8) is 0 Å². The van der Waals surface area contributed by atoms with Crippen LogP contribution < -0.4 is 5.32 Å². The fourth-order valence-corrected chi connectivity index (χ4v) is 2.70. The van der Waals surface area contributed by atoms with Gasteiger partial charge in [0.2, 0.25) is 0 Å². The van der Waals surface area contributed by atoms with Crippen molar-refractivity contribution >= 4 is 21.6 Å². The molecule has 1 unspecified atom stereocenters. The summed E-state index contributed by atoms with van der Waals surface area (Å²) >= 11 is 3.39. The molecule has 0 bridgehead atoms. The smallest absolute Gasteiger partial charge is 0.146 e. The summed E-state index contributed by atoms with van der Waals surface area (Å²) in [7, 11) is 0. The standard InChI is InChI=1S/C16H15BrFN/c17-13-8-9-14(18)15(10-13)19-16(12-6-7-12)11-4-2-1-3-5-11/h1-5,8-10,12,16,19H,6-7H2. The van der Waals surface area contributed by atoms with Crippen molar-refractivity contribution < 1.29 is 4.39 Å². The Labute approximate surface area is 121 Å². The maximum absolute atomic E-state index is 13.8. The molecule has 3 rings (SSSR count). The maximum Gasteiger partial charge on any atom is 0.146 e. The van der Waals surface area contributed by atoms with Gasteiger partial charge in [0.05, 0.1) is 11.7 Å². The highest BCUT2D eigenvalue weighted by Gasteiger charge is 2.32. The van der Waals surface area contributed by atoms with E-state index in [-0.39, 0.29) is 11.9 Å². The van der Waals surface area contributed by atoms with Gasteiger partial charge in [-0.05, 0) is 42.5 Å². The molecule has 0 saturated heterocycles. The van der Waals surface area contributed by atoms with E-state index in [9.17, 15) is 4.39 Å². The predicted octanol–water partition coefficient (Wildman–Crippen LogP) is 5.15. The summed E-state index contributed by atoms with van der Waals surface area (Å²) in [6, 6.07) is 15.5. The van der Waals surface area contributed by atoms with Crippen molar-refractivity contribution in [2.45, 2.75) is 18.9 Å². The lowest BCUT2D eigenvalue weighted by Gasteiger charge is -2.20. The molecule has 1 atom stereocenters. The second-order valence-corrected chi connectivity index (χ2v) is 5.91. The fraction of sp³-hybridized carbons (Fsp3) is 0.250. The summed E-state index contributed by atoms with van der Waals surface area (Å²) in [6.45, 7) is 0. The van der Waals surface area contributed by atoms with Crippen LogP contribution in [0.4, 0.5) is 10.1 Å². The molecule has 0 aromatic heterocycles. The second kappa shape index (κ2) is 5.33. The largest absolute Gasteiger partial charge is 0.376 e. The number of hydrogen-bond donors (Lipinski definition) is 1. The van der Waals surface area contributed by atoms with Crippen LogP contribution >= 0.6 is 15.9 Å². The first-order valence-electron chi connectivity index (χ1n) is 6.50. The summed E-state index contributed by atoms with van der Waals surface area (Å²) in [4.78, 5) is 0. The van der Waals surface area contributed by atoms with Crippen molar-refractivity contribution in [3.05, 3.63) is 64.4 Å². The molecule has 1 aliphatic rings. The molecule has 0 aliphatic heterocycles. The Kier molecular flexibility index (Phi) is 3.56. The Hall–Kier alpha value is -1.35. The average molecular weight is 320 g/mol. The minimum atomic E-state index is -0.204. The molecule has 0 spiro atoms. The van der Waals surface area contributed by atoms with Crippen molar-refractivity contribution in [3.8, 4) is 0 Å². The van der Waals surface area contributed by atoms with Gasteiger partial charge in [0.25, 0.3) is 0 Å². The van der Waals surface area contributed by atoms with Gasteiger partial charge >= 0.3 is 0 Å². The Balaban J connectivity index is 1.88. The number of halogens is 2. The van der Waals surface area contributed by atoms with Gasteiger partial charge in [0.15, 0.2) is 0 Å². The van der Waals surface area contributed by atoms with E-state index >= 15 is 0 Å². The van der Waals surface area contributed by atoms with Crippen molar-refractivity contribution in [2.24, 2.45) is 5.92 Å². The van der Waals surface area contributed by atoms with Gasteiger partial charge < -0.3 is 5.32 Å². The molecule has 2 aromatic carbocycles. The molecule has 2 aromatic rings. The molecule has 1 saturated carbocycles. The number of rotatable bonds is 4. The van der Waals surface area contributed by atoms with Crippen molar-refractivity contribution in [2.75, 3.05) is 5.32 Å². The van der Waals surface area contributed by atoms with Gasteiger partial charge in [-0.1, -0.05) is 46.3 Å². The van der Waals surface area contributed by atoms with Gasteiger partial charge in [-0.3, -0.25) is 0 Å². The molecule has 1 nitrogen and oxygen atoms in total. The lowest BCUT2D eigenvalue weighted by molar-refractivity contribution is 0.616. The van der Waals surface area contributed by atoms with Gasteiger partial charge in [0, 0.05) is 4.47 Å². The highest BCUT2D eigenvalue weighted by Crippen LogP contribution is 2.43. The Bertz CT molecular complexity index is 566. The van der Waals surface area contributed by atoms with E-state index in [1.807, 2.05) is 18.2 Å². The van der Waals surface area contributed by atoms with Crippen LogP contribution in [0.3, 0.4) is 0 Å². The minimum Gasteiger partial charge on any atom is -0.376 e. The summed E-state index contributed by atoms with van der Waals surface area (Å²) < 4.78 is 14.7. The van der Waals surface area contributed by atoms with E-state index < -0.39 is 0 Å². The molecule has 3 heteroatoms. The first-order chi connectivity index (χ1) is 9.24. The molecule has 0 radical (unpaired) electrons. The first-order valence-corrected chi connectivity index (χ1v) is 7.30. The van der Waals surface area contributed by atoms with Crippen LogP contribution in [0.1, 0.15) is 24.4 Å². The molecular formula is C16H15BrFN. The average Bonchev–Trinajstić information content (AvgIpc) is 3.25. The summed E-state index contributed by atoms with van der Waals surface area (Å²) in [5.41, 5.74) is 1.79. The Morgan fingerprint density at radius 2 is 1.84 bits per heavy atom. The molecular weight excluding hydrogens is 305 g/mol. The molecule has 1 aliphatic carbocycles. The maximum atomic E-state index is 13.8. The van der Waals surface area contributed by atoms with E-state index in [0.717, 1.165) is 4.47 Å². The topological polar surface area (TPSA) is 12.0 Å². The monoisotopic (exact) mass is 319 g/mol. The van der Waals surface area contributed by atoms with E-state index in [1.54, 1.807) is 12.1 Å². The van der Waals surface area contributed by atoms with Crippen molar-refractivity contribution in [1.82, 2.24) is 0 Å². The fourth-order valence-electron chi connectivity index (χ4n) is 2.34. The number of anilines is 1. The highest BCUT2D eigenvalue weighted by molar-refractivity contribution is 9.10. The highest BCUT2D eigenvalue weighted by atomic mass is 79.9. The molecule has 98 valence electrons.